The number of amides is 1. The van der Waals surface area contributed by atoms with E-state index in [2.05, 4.69) is 20.6 Å². The molecule has 0 radical (unpaired) electrons. The molecule has 1 amide bonds. The van der Waals surface area contributed by atoms with E-state index in [1.165, 1.54) is 13.3 Å². The topological polar surface area (TPSA) is 97.5 Å². The third-order valence-corrected chi connectivity index (χ3v) is 6.38. The van der Waals surface area contributed by atoms with Crippen molar-refractivity contribution in [3.8, 4) is 17.0 Å². The van der Waals surface area contributed by atoms with Gasteiger partial charge in [0.15, 0.2) is 11.6 Å². The number of carbonyl (C=O) groups is 1. The maximum absolute atomic E-state index is 14.8. The van der Waals surface area contributed by atoms with Gasteiger partial charge in [-0.25, -0.2) is 4.39 Å². The largest absolute Gasteiger partial charge is 0.493 e. The van der Waals surface area contributed by atoms with Gasteiger partial charge in [0.25, 0.3) is 5.91 Å². The summed E-state index contributed by atoms with van der Waals surface area (Å²) in [6, 6.07) is 6.82. The van der Waals surface area contributed by atoms with Crippen molar-refractivity contribution in [3.05, 3.63) is 58.8 Å². The van der Waals surface area contributed by atoms with Crippen LogP contribution in [0.3, 0.4) is 0 Å². The summed E-state index contributed by atoms with van der Waals surface area (Å²) >= 11 is 6.31. The second kappa shape index (κ2) is 9.61. The monoisotopic (exact) mass is 486 g/mol. The molecule has 1 fully saturated rings. The summed E-state index contributed by atoms with van der Waals surface area (Å²) < 4.78 is 31.7. The number of ether oxygens (including phenoxy) is 3. The maximum atomic E-state index is 14.8. The third-order valence-electron chi connectivity index (χ3n) is 6.08. The Hall–Kier alpha value is -3.14. The van der Waals surface area contributed by atoms with Gasteiger partial charge in [0.05, 0.1) is 66.9 Å². The number of rotatable bonds is 6. The Kier molecular flexibility index (Phi) is 6.40. The van der Waals surface area contributed by atoms with Crippen LogP contribution in [-0.2, 0) is 9.47 Å². The van der Waals surface area contributed by atoms with Gasteiger partial charge in [-0.2, -0.15) is 0 Å². The number of hydrogen-bond acceptors (Lipinski definition) is 6. The van der Waals surface area contributed by atoms with Crippen LogP contribution < -0.4 is 15.4 Å². The smallest absolute Gasteiger partial charge is 0.255 e. The van der Waals surface area contributed by atoms with Gasteiger partial charge in [0, 0.05) is 29.9 Å². The summed E-state index contributed by atoms with van der Waals surface area (Å²) in [6.45, 7) is 2.05. The molecule has 0 bridgehead atoms. The van der Waals surface area contributed by atoms with Crippen LogP contribution >= 0.6 is 11.6 Å². The Morgan fingerprint density at radius 2 is 2.21 bits per heavy atom. The fourth-order valence-electron chi connectivity index (χ4n) is 4.51. The van der Waals surface area contributed by atoms with Crippen molar-refractivity contribution in [1.82, 2.24) is 15.3 Å². The lowest BCUT2D eigenvalue weighted by molar-refractivity contribution is -0.0928. The van der Waals surface area contributed by atoms with Crippen LogP contribution in [0.15, 0.2) is 36.7 Å². The van der Waals surface area contributed by atoms with Crippen molar-refractivity contribution < 1.29 is 23.4 Å². The summed E-state index contributed by atoms with van der Waals surface area (Å²) in [4.78, 5) is 20.3. The van der Waals surface area contributed by atoms with Crippen LogP contribution in [0, 0.1) is 5.82 Å². The molecule has 2 atom stereocenters. The molecule has 1 aromatic carbocycles. The van der Waals surface area contributed by atoms with Crippen LogP contribution in [0.2, 0.25) is 5.02 Å². The molecule has 3 aromatic rings. The Bertz CT molecular complexity index is 1210. The van der Waals surface area contributed by atoms with E-state index in [-0.39, 0.29) is 23.5 Å². The number of anilines is 2. The lowest BCUT2D eigenvalue weighted by Gasteiger charge is -2.29. The van der Waals surface area contributed by atoms with E-state index in [0.29, 0.717) is 71.9 Å². The van der Waals surface area contributed by atoms with Crippen LogP contribution in [0.25, 0.3) is 11.3 Å². The first kappa shape index (κ1) is 22.6. The van der Waals surface area contributed by atoms with Crippen molar-refractivity contribution in [2.24, 2.45) is 0 Å². The second-order valence-corrected chi connectivity index (χ2v) is 8.58. The second-order valence-electron chi connectivity index (χ2n) is 8.18. The van der Waals surface area contributed by atoms with Gasteiger partial charge in [-0.05, 0) is 24.6 Å². The highest BCUT2D eigenvalue weighted by atomic mass is 35.5. The molecule has 3 N–H and O–H groups in total. The number of halogens is 2. The molecule has 2 aliphatic heterocycles. The first-order chi connectivity index (χ1) is 16.6. The molecule has 2 aromatic heterocycles. The molecule has 178 valence electrons. The molecule has 34 heavy (non-hydrogen) atoms. The molecule has 5 rings (SSSR count). The molecular formula is C24H24ClFN4O4. The van der Waals surface area contributed by atoms with E-state index in [4.69, 9.17) is 25.8 Å². The average molecular weight is 487 g/mol. The fourth-order valence-corrected chi connectivity index (χ4v) is 4.76. The van der Waals surface area contributed by atoms with E-state index < -0.39 is 5.82 Å². The lowest BCUT2D eigenvalue weighted by atomic mass is 9.91. The van der Waals surface area contributed by atoms with E-state index in [0.717, 1.165) is 6.20 Å². The molecule has 8 nitrogen and oxygen atoms in total. The van der Waals surface area contributed by atoms with Crippen molar-refractivity contribution >= 4 is 28.9 Å². The van der Waals surface area contributed by atoms with Gasteiger partial charge >= 0.3 is 0 Å². The number of nitrogens with zero attached hydrogens (tertiary/aromatic N) is 1. The number of carbonyl (C=O) groups excluding carboxylic acids is 1. The number of hydrogen-bond donors (Lipinski definition) is 3. The number of methoxy groups -OCH3 is 1. The number of pyridine rings is 1. The molecule has 0 spiro atoms. The minimum atomic E-state index is -0.511. The Morgan fingerprint density at radius 1 is 1.32 bits per heavy atom. The minimum Gasteiger partial charge on any atom is -0.493 e. The van der Waals surface area contributed by atoms with Gasteiger partial charge in [0.1, 0.15) is 0 Å². The number of para-hydroxylation sites is 1. The van der Waals surface area contributed by atoms with Crippen LogP contribution in [0.4, 0.5) is 15.8 Å². The maximum Gasteiger partial charge on any atom is 0.255 e. The predicted molar refractivity (Wildman–Crippen MR) is 126 cm³/mol. The standard InChI is InChI=1S/C24H24ClFN4O4/c1-32-23-16(25)3-2-4-18(23)29-22-19-20(30-21(22)15-5-6-27-11-17(15)26)13(10-28-24(19)31)9-14-12-33-7-8-34-14/h2-6,11,13-14,29-30H,7-10,12H2,1H3,(H,28,31)/t13-,14-/m1/s1. The zero-order valence-electron chi connectivity index (χ0n) is 18.5. The SMILES string of the molecule is COc1c(Cl)cccc1Nc1c(-c2ccncc2F)[nH]c2c1C(=O)NC[C@H]2C[C@@H]1COCCO1. The molecule has 0 saturated carbocycles. The van der Waals surface area contributed by atoms with E-state index in [1.807, 2.05) is 0 Å². The normalized spacial score (nSPS) is 19.9. The molecule has 2 aliphatic rings. The van der Waals surface area contributed by atoms with Crippen molar-refractivity contribution in [2.75, 3.05) is 38.8 Å². The van der Waals surface area contributed by atoms with E-state index in [9.17, 15) is 9.18 Å². The number of H-pyrrole nitrogens is 1. The number of benzene rings is 1. The van der Waals surface area contributed by atoms with Crippen molar-refractivity contribution in [3.63, 3.8) is 0 Å². The number of aromatic nitrogens is 2. The quantitative estimate of drug-likeness (QED) is 0.482. The Morgan fingerprint density at radius 3 is 2.97 bits per heavy atom. The van der Waals surface area contributed by atoms with Crippen LogP contribution in [-0.4, -0.2) is 55.5 Å². The Labute approximate surface area is 200 Å². The summed E-state index contributed by atoms with van der Waals surface area (Å²) in [5.74, 6) is -0.420. The van der Waals surface area contributed by atoms with E-state index in [1.54, 1.807) is 24.3 Å². The highest BCUT2D eigenvalue weighted by Crippen LogP contribution is 2.43. The first-order valence-electron chi connectivity index (χ1n) is 11.0. The molecule has 4 heterocycles. The van der Waals surface area contributed by atoms with Crippen LogP contribution in [0.1, 0.15) is 28.4 Å². The molecule has 0 aliphatic carbocycles. The lowest BCUT2D eigenvalue weighted by Crippen LogP contribution is -2.38. The Balaban J connectivity index is 1.63. The van der Waals surface area contributed by atoms with Gasteiger partial charge in [-0.15, -0.1) is 0 Å². The van der Waals surface area contributed by atoms with Gasteiger partial charge in [-0.3, -0.25) is 9.78 Å². The summed E-state index contributed by atoms with van der Waals surface area (Å²) in [5.41, 5.74) is 2.84. The van der Waals surface area contributed by atoms with E-state index >= 15 is 0 Å². The number of aromatic amines is 1. The summed E-state index contributed by atoms with van der Waals surface area (Å²) in [7, 11) is 1.51. The highest BCUT2D eigenvalue weighted by molar-refractivity contribution is 6.32. The fraction of sp³-hybridized carbons (Fsp3) is 0.333. The predicted octanol–water partition coefficient (Wildman–Crippen LogP) is 4.25. The minimum absolute atomic E-state index is 0.0696. The highest BCUT2D eigenvalue weighted by Gasteiger charge is 2.35. The molecule has 1 saturated heterocycles. The molecule has 10 heteroatoms. The first-order valence-corrected chi connectivity index (χ1v) is 11.4. The van der Waals surface area contributed by atoms with Gasteiger partial charge < -0.3 is 29.8 Å². The van der Waals surface area contributed by atoms with Crippen molar-refractivity contribution in [2.45, 2.75) is 18.4 Å². The zero-order chi connectivity index (χ0) is 23.7. The van der Waals surface area contributed by atoms with Crippen LogP contribution in [0.5, 0.6) is 5.75 Å². The number of fused-ring (bicyclic) bond motifs is 1. The zero-order valence-corrected chi connectivity index (χ0v) is 19.2. The number of nitrogens with one attached hydrogen (secondary N) is 3. The van der Waals surface area contributed by atoms with Gasteiger partial charge in [-0.1, -0.05) is 17.7 Å². The summed E-state index contributed by atoms with van der Waals surface area (Å²) in [5, 5.41) is 6.65. The van der Waals surface area contributed by atoms with Crippen molar-refractivity contribution in [1.29, 1.82) is 0 Å². The van der Waals surface area contributed by atoms with Gasteiger partial charge in [0.2, 0.25) is 0 Å². The third kappa shape index (κ3) is 4.22. The summed E-state index contributed by atoms with van der Waals surface area (Å²) in [6.07, 6.45) is 3.21. The molecule has 0 unspecified atom stereocenters. The average Bonchev–Trinajstić information content (AvgIpc) is 3.22. The molecular weight excluding hydrogens is 463 g/mol.